The molecule has 0 amide bonds. The van der Waals surface area contributed by atoms with E-state index in [9.17, 15) is 9.59 Å². The lowest BCUT2D eigenvalue weighted by Gasteiger charge is -2.19. The van der Waals surface area contributed by atoms with Crippen LogP contribution in [-0.2, 0) is 19.1 Å². The van der Waals surface area contributed by atoms with Gasteiger partial charge in [0, 0.05) is 21.5 Å². The van der Waals surface area contributed by atoms with Gasteiger partial charge < -0.3 is 18.9 Å². The minimum absolute atomic E-state index is 0.283. The second kappa shape index (κ2) is 14.8. The summed E-state index contributed by atoms with van der Waals surface area (Å²) in [7, 11) is 0. The molecule has 0 unspecified atom stereocenters. The predicted octanol–water partition coefficient (Wildman–Crippen LogP) is 11.4. The van der Waals surface area contributed by atoms with Crippen LogP contribution in [-0.4, -0.2) is 25.2 Å². The summed E-state index contributed by atoms with van der Waals surface area (Å²) >= 11 is 0. The SMILES string of the molecule is C=COC(=O)COc1cc2ccc(-c3ccccc3)cc2c2c(-c3cccc4c(OCC(=O)OC=C)cc5ccc(-c6ccccc6)cc5c34)cccc12. The number of hydrogen-bond donors (Lipinski definition) is 0. The number of carbonyl (C=O) groups excluding carboxylic acids is 2. The molecule has 8 aromatic carbocycles. The van der Waals surface area contributed by atoms with E-state index >= 15 is 0 Å². The largest absolute Gasteiger partial charge is 0.481 e. The van der Waals surface area contributed by atoms with Crippen LogP contribution < -0.4 is 9.47 Å². The zero-order valence-electron chi connectivity index (χ0n) is 29.3. The monoisotopic (exact) mass is 706 g/mol. The van der Waals surface area contributed by atoms with Crippen LogP contribution in [0.4, 0.5) is 0 Å². The van der Waals surface area contributed by atoms with Crippen LogP contribution in [0.5, 0.6) is 11.5 Å². The smallest absolute Gasteiger partial charge is 0.348 e. The van der Waals surface area contributed by atoms with E-state index in [-0.39, 0.29) is 13.2 Å². The molecular weight excluding hydrogens is 673 g/mol. The lowest BCUT2D eigenvalue weighted by molar-refractivity contribution is -0.141. The summed E-state index contributed by atoms with van der Waals surface area (Å²) in [6, 6.07) is 49.5. The number of rotatable bonds is 11. The molecule has 0 radical (unpaired) electrons. The predicted molar refractivity (Wildman–Crippen MR) is 216 cm³/mol. The first kappa shape index (κ1) is 33.9. The maximum Gasteiger partial charge on any atom is 0.348 e. The minimum atomic E-state index is -0.548. The Morgan fingerprint density at radius 2 is 0.870 bits per heavy atom. The van der Waals surface area contributed by atoms with E-state index in [4.69, 9.17) is 18.9 Å². The van der Waals surface area contributed by atoms with Crippen molar-refractivity contribution < 1.29 is 28.5 Å². The summed E-state index contributed by atoms with van der Waals surface area (Å²) in [6.07, 6.45) is 2.20. The Balaban J connectivity index is 1.43. The van der Waals surface area contributed by atoms with E-state index in [1.807, 2.05) is 72.8 Å². The van der Waals surface area contributed by atoms with Crippen molar-refractivity contribution in [3.63, 3.8) is 0 Å². The first-order valence-electron chi connectivity index (χ1n) is 17.5. The summed E-state index contributed by atoms with van der Waals surface area (Å²) < 4.78 is 22.3. The normalized spacial score (nSPS) is 11.0. The van der Waals surface area contributed by atoms with E-state index < -0.39 is 11.9 Å². The highest BCUT2D eigenvalue weighted by Gasteiger charge is 2.19. The Bertz CT molecular complexity index is 2540. The Morgan fingerprint density at radius 1 is 0.444 bits per heavy atom. The van der Waals surface area contributed by atoms with Gasteiger partial charge in [-0.1, -0.05) is 134 Å². The fourth-order valence-electron chi connectivity index (χ4n) is 7.17. The Kier molecular flexibility index (Phi) is 9.31. The van der Waals surface area contributed by atoms with Crippen molar-refractivity contribution in [3.8, 4) is 44.9 Å². The van der Waals surface area contributed by atoms with E-state index in [0.717, 1.165) is 89.0 Å². The molecule has 8 rings (SSSR count). The third-order valence-electron chi connectivity index (χ3n) is 9.50. The highest BCUT2D eigenvalue weighted by atomic mass is 16.6. The lowest BCUT2D eigenvalue weighted by Crippen LogP contribution is -2.12. The van der Waals surface area contributed by atoms with Crippen molar-refractivity contribution in [2.24, 2.45) is 0 Å². The summed E-state index contributed by atoms with van der Waals surface area (Å²) in [5.41, 5.74) is 6.25. The number of ether oxygens (including phenoxy) is 4. The fraction of sp³-hybridized carbons (Fsp3) is 0.0417. The van der Waals surface area contributed by atoms with Crippen molar-refractivity contribution in [1.82, 2.24) is 0 Å². The standard InChI is InChI=1S/C48H34O6/c1-3-51-45(49)29-53-43-27-35-23-21-33(31-13-7-5-8-14-31)25-41(35)47-37(17-11-19-39(43)47)38-18-12-20-40-44(54-30-46(50)52-4-2)28-36-24-22-34(26-42(36)48(38)40)32-15-9-6-10-16-32/h3-28H,1-2,29-30H2. The molecule has 0 fully saturated rings. The third-order valence-corrected chi connectivity index (χ3v) is 9.50. The maximum atomic E-state index is 12.4. The van der Waals surface area contributed by atoms with Gasteiger partial charge in [0.05, 0.1) is 12.5 Å². The van der Waals surface area contributed by atoms with Gasteiger partial charge in [-0.05, 0) is 79.2 Å². The van der Waals surface area contributed by atoms with Gasteiger partial charge in [-0.3, -0.25) is 0 Å². The number of benzene rings is 8. The number of esters is 2. The first-order chi connectivity index (χ1) is 26.5. The van der Waals surface area contributed by atoms with Crippen LogP contribution in [0.2, 0.25) is 0 Å². The molecule has 0 saturated carbocycles. The van der Waals surface area contributed by atoms with Gasteiger partial charge in [0.1, 0.15) is 11.5 Å². The Labute approximate surface area is 312 Å². The first-order valence-corrected chi connectivity index (χ1v) is 17.5. The molecule has 0 aliphatic carbocycles. The summed E-state index contributed by atoms with van der Waals surface area (Å²) in [5.74, 6) is 0.00390. The molecule has 0 heterocycles. The van der Waals surface area contributed by atoms with Crippen LogP contribution in [0.1, 0.15) is 0 Å². The zero-order chi connectivity index (χ0) is 37.0. The highest BCUT2D eigenvalue weighted by molar-refractivity contribution is 6.23. The van der Waals surface area contributed by atoms with Crippen molar-refractivity contribution >= 4 is 55.0 Å². The van der Waals surface area contributed by atoms with Crippen LogP contribution in [0.15, 0.2) is 171 Å². The number of hydrogen-bond acceptors (Lipinski definition) is 6. The average Bonchev–Trinajstić information content (AvgIpc) is 3.22. The Morgan fingerprint density at radius 3 is 1.28 bits per heavy atom. The van der Waals surface area contributed by atoms with Crippen LogP contribution in [0.25, 0.3) is 76.5 Å². The third kappa shape index (κ3) is 6.53. The summed E-state index contributed by atoms with van der Waals surface area (Å²) in [5, 5.41) is 7.53. The van der Waals surface area contributed by atoms with Gasteiger partial charge >= 0.3 is 11.9 Å². The van der Waals surface area contributed by atoms with E-state index in [2.05, 4.69) is 86.0 Å². The van der Waals surface area contributed by atoms with Gasteiger partial charge in [-0.15, -0.1) is 0 Å². The van der Waals surface area contributed by atoms with Crippen molar-refractivity contribution in [2.75, 3.05) is 13.2 Å². The fourth-order valence-corrected chi connectivity index (χ4v) is 7.17. The highest BCUT2D eigenvalue weighted by Crippen LogP contribution is 2.46. The van der Waals surface area contributed by atoms with Gasteiger partial charge in [0.2, 0.25) is 0 Å². The van der Waals surface area contributed by atoms with Crippen molar-refractivity contribution in [3.05, 3.63) is 171 Å². The number of fused-ring (bicyclic) bond motifs is 6. The van der Waals surface area contributed by atoms with Crippen molar-refractivity contribution in [1.29, 1.82) is 0 Å². The molecule has 54 heavy (non-hydrogen) atoms. The topological polar surface area (TPSA) is 71.1 Å². The lowest BCUT2D eigenvalue weighted by atomic mass is 9.87. The molecule has 6 heteroatoms. The van der Waals surface area contributed by atoms with E-state index in [0.29, 0.717) is 11.5 Å². The molecule has 0 N–H and O–H groups in total. The quantitative estimate of drug-likeness (QED) is 0.0757. The van der Waals surface area contributed by atoms with Crippen molar-refractivity contribution in [2.45, 2.75) is 0 Å². The van der Waals surface area contributed by atoms with Gasteiger partial charge in [0.25, 0.3) is 0 Å². The Hall–Kier alpha value is -7.18. The molecule has 6 nitrogen and oxygen atoms in total. The average molecular weight is 707 g/mol. The van der Waals surface area contributed by atoms with E-state index in [1.54, 1.807) is 0 Å². The molecule has 0 spiro atoms. The molecule has 0 bridgehead atoms. The van der Waals surface area contributed by atoms with E-state index in [1.165, 1.54) is 0 Å². The molecule has 0 atom stereocenters. The molecule has 0 aliphatic rings. The summed E-state index contributed by atoms with van der Waals surface area (Å²) in [6.45, 7) is 6.42. The van der Waals surface area contributed by atoms with Crippen LogP contribution >= 0.6 is 0 Å². The van der Waals surface area contributed by atoms with Crippen LogP contribution in [0.3, 0.4) is 0 Å². The van der Waals surface area contributed by atoms with Crippen LogP contribution in [0, 0.1) is 0 Å². The maximum absolute atomic E-state index is 12.4. The number of carbonyl (C=O) groups is 2. The second-order valence-corrected chi connectivity index (χ2v) is 12.7. The molecule has 262 valence electrons. The molecule has 0 saturated heterocycles. The van der Waals surface area contributed by atoms with Gasteiger partial charge in [-0.25, -0.2) is 9.59 Å². The minimum Gasteiger partial charge on any atom is -0.481 e. The second-order valence-electron chi connectivity index (χ2n) is 12.7. The molecule has 8 aromatic rings. The summed E-state index contributed by atoms with van der Waals surface area (Å²) in [4.78, 5) is 24.8. The molecular formula is C48H34O6. The van der Waals surface area contributed by atoms with Gasteiger partial charge in [0.15, 0.2) is 13.2 Å². The molecule has 0 aromatic heterocycles. The zero-order valence-corrected chi connectivity index (χ0v) is 29.3. The van der Waals surface area contributed by atoms with Gasteiger partial charge in [-0.2, -0.15) is 0 Å². The molecule has 0 aliphatic heterocycles.